The summed E-state index contributed by atoms with van der Waals surface area (Å²) in [6, 6.07) is 3.91. The Morgan fingerprint density at radius 1 is 0.800 bits per heavy atom. The van der Waals surface area contributed by atoms with E-state index in [1.54, 1.807) is 0 Å². The predicted molar refractivity (Wildman–Crippen MR) is 40.9 cm³/mol. The van der Waals surface area contributed by atoms with Crippen LogP contribution < -0.4 is 30.2 Å². The third-order valence-corrected chi connectivity index (χ3v) is 3.61. The maximum atomic E-state index is 10.6. The summed E-state index contributed by atoms with van der Waals surface area (Å²) in [6.45, 7) is 0. The Hall–Kier alpha value is 0.897. The molecular formula is C6H4CeO6P2. The minimum absolute atomic E-state index is 0. The van der Waals surface area contributed by atoms with Crippen LogP contribution in [0.1, 0.15) is 0 Å². The van der Waals surface area contributed by atoms with Crippen LogP contribution in [0.4, 0.5) is 0 Å². The first-order valence-corrected chi connectivity index (χ1v) is 6.46. The van der Waals surface area contributed by atoms with Gasteiger partial charge in [0.05, 0.1) is 0 Å². The molecule has 6 nitrogen and oxygen atoms in total. The third-order valence-electron chi connectivity index (χ3n) is 1.47. The molecule has 0 saturated heterocycles. The summed E-state index contributed by atoms with van der Waals surface area (Å²) in [5, 5.41) is -1.96. The van der Waals surface area contributed by atoms with Crippen LogP contribution in [-0.4, -0.2) is 0 Å². The van der Waals surface area contributed by atoms with Gasteiger partial charge in [0.25, 0.3) is 0 Å². The second-order valence-corrected chi connectivity index (χ2v) is 5.44. The van der Waals surface area contributed by atoms with E-state index >= 15 is 0 Å². The predicted octanol–water partition coefficient (Wildman–Crippen LogP) is -3.24. The fraction of sp³-hybridized carbons (Fsp3) is 0. The van der Waals surface area contributed by atoms with Gasteiger partial charge in [-0.1, -0.05) is 24.3 Å². The Bertz CT molecular complexity index is 394. The fourth-order valence-corrected chi connectivity index (χ4v) is 2.91. The summed E-state index contributed by atoms with van der Waals surface area (Å²) >= 11 is 0. The standard InChI is InChI=1S/C6H8O6P2.Ce/c7-13(8,9)5-3-1-2-4-6(5)14(10,11)12;/h1-4H,(H2,7,8,9)(H2,10,11,12);/q;+4/p-4. The Morgan fingerprint density at radius 3 is 1.27 bits per heavy atom. The van der Waals surface area contributed by atoms with Gasteiger partial charge in [0.2, 0.25) is 0 Å². The van der Waals surface area contributed by atoms with E-state index in [0.29, 0.717) is 0 Å². The number of hydrogen-bond acceptors (Lipinski definition) is 6. The largest absolute Gasteiger partial charge is 4.00 e. The van der Waals surface area contributed by atoms with Crippen molar-refractivity contribution in [2.24, 2.45) is 0 Å². The second-order valence-electron chi connectivity index (χ2n) is 2.48. The van der Waals surface area contributed by atoms with Crippen LogP contribution in [0.25, 0.3) is 0 Å². The molecule has 1 aromatic rings. The van der Waals surface area contributed by atoms with Gasteiger partial charge in [0, 0.05) is 0 Å². The molecule has 0 saturated carbocycles. The van der Waals surface area contributed by atoms with Crippen LogP contribution in [-0.2, 0) is 9.13 Å². The molecule has 0 amide bonds. The minimum Gasteiger partial charge on any atom is -0.807 e. The third kappa shape index (κ3) is 4.34. The summed E-state index contributed by atoms with van der Waals surface area (Å²) in [4.78, 5) is 42.3. The van der Waals surface area contributed by atoms with Crippen molar-refractivity contribution in [3.05, 3.63) is 24.3 Å². The summed E-state index contributed by atoms with van der Waals surface area (Å²) in [5.74, 6) is 0. The molecule has 0 fully saturated rings. The smallest absolute Gasteiger partial charge is 0.807 e. The summed E-state index contributed by atoms with van der Waals surface area (Å²) in [6.07, 6.45) is 0. The molecule has 0 N–H and O–H groups in total. The van der Waals surface area contributed by atoms with Crippen LogP contribution in [0.5, 0.6) is 0 Å². The van der Waals surface area contributed by atoms with Crippen molar-refractivity contribution in [2.75, 3.05) is 0 Å². The van der Waals surface area contributed by atoms with E-state index in [9.17, 15) is 28.7 Å². The van der Waals surface area contributed by atoms with E-state index < -0.39 is 25.8 Å². The topological polar surface area (TPSA) is 126 Å². The van der Waals surface area contributed by atoms with Crippen molar-refractivity contribution >= 4 is 25.8 Å². The molecule has 0 aromatic heterocycles. The van der Waals surface area contributed by atoms with Gasteiger partial charge < -0.3 is 28.7 Å². The Balaban J connectivity index is 0.00000196. The van der Waals surface area contributed by atoms with E-state index in [2.05, 4.69) is 0 Å². The van der Waals surface area contributed by atoms with Crippen molar-refractivity contribution in [2.45, 2.75) is 0 Å². The van der Waals surface area contributed by atoms with Gasteiger partial charge in [-0.05, 0) is 25.8 Å². The number of hydrogen-bond donors (Lipinski definition) is 0. The van der Waals surface area contributed by atoms with Gasteiger partial charge in [-0.3, -0.25) is 0 Å². The number of rotatable bonds is 2. The fourth-order valence-electron chi connectivity index (χ4n) is 0.927. The first-order chi connectivity index (χ1) is 6.23. The Labute approximate surface area is 119 Å². The molecule has 78 valence electrons. The van der Waals surface area contributed by atoms with Crippen molar-refractivity contribution in [1.29, 1.82) is 0 Å². The Kier molecular flexibility index (Phi) is 5.82. The molecule has 0 aliphatic rings. The van der Waals surface area contributed by atoms with Gasteiger partial charge in [0.15, 0.2) is 0 Å². The zero-order valence-corrected chi connectivity index (χ0v) is 12.1. The van der Waals surface area contributed by atoms with E-state index in [1.807, 2.05) is 0 Å². The molecule has 0 heterocycles. The molecule has 0 radical (unpaired) electrons. The Morgan fingerprint density at radius 2 is 1.07 bits per heavy atom. The van der Waals surface area contributed by atoms with Crippen LogP contribution >= 0.6 is 15.2 Å². The maximum absolute atomic E-state index is 10.6. The molecule has 15 heavy (non-hydrogen) atoms. The molecule has 0 bridgehead atoms. The average Bonchev–Trinajstić information content (AvgIpc) is 2.01. The van der Waals surface area contributed by atoms with E-state index in [4.69, 9.17) is 0 Å². The zero-order chi connectivity index (χ0) is 11.0. The second kappa shape index (κ2) is 5.49. The average molecular weight is 374 g/mol. The molecule has 0 unspecified atom stereocenters. The zero-order valence-electron chi connectivity index (χ0n) is 7.15. The van der Waals surface area contributed by atoms with Gasteiger partial charge >= 0.3 is 41.7 Å². The quantitative estimate of drug-likeness (QED) is 0.501. The number of benzene rings is 1. The van der Waals surface area contributed by atoms with Gasteiger partial charge in [0.1, 0.15) is 0 Å². The summed E-state index contributed by atoms with van der Waals surface area (Å²) in [5.41, 5.74) is 0. The molecule has 0 aliphatic carbocycles. The summed E-state index contributed by atoms with van der Waals surface area (Å²) < 4.78 is 21.1. The molecule has 1 aromatic carbocycles. The maximum Gasteiger partial charge on any atom is 4.00 e. The molecular weight excluding hydrogens is 370 g/mol. The first-order valence-electron chi connectivity index (χ1n) is 3.37. The van der Waals surface area contributed by atoms with Gasteiger partial charge in [-0.25, -0.2) is 0 Å². The van der Waals surface area contributed by atoms with Crippen LogP contribution in [0.3, 0.4) is 0 Å². The minimum atomic E-state index is -5.22. The molecule has 1 rings (SSSR count). The molecule has 9 heteroatoms. The van der Waals surface area contributed by atoms with E-state index in [-0.39, 0.29) is 41.7 Å². The summed E-state index contributed by atoms with van der Waals surface area (Å²) in [7, 11) is -10.4. The van der Waals surface area contributed by atoms with Gasteiger partial charge in [-0.15, -0.1) is 0 Å². The molecule has 0 atom stereocenters. The normalized spacial score (nSPS) is 12.0. The van der Waals surface area contributed by atoms with Gasteiger partial charge in [-0.2, -0.15) is 0 Å². The SMILES string of the molecule is O=P([O-])([O-])c1ccccc1P(=O)([O-])[O-].[Ce+4]. The van der Waals surface area contributed by atoms with Crippen molar-refractivity contribution in [1.82, 2.24) is 0 Å². The van der Waals surface area contributed by atoms with E-state index in [1.165, 1.54) is 0 Å². The molecule has 0 aliphatic heterocycles. The van der Waals surface area contributed by atoms with E-state index in [0.717, 1.165) is 24.3 Å². The first kappa shape index (κ1) is 15.9. The monoisotopic (exact) mass is 374 g/mol. The van der Waals surface area contributed by atoms with Crippen molar-refractivity contribution in [3.8, 4) is 0 Å². The molecule has 0 spiro atoms. The van der Waals surface area contributed by atoms with Crippen LogP contribution in [0.15, 0.2) is 24.3 Å². The van der Waals surface area contributed by atoms with Crippen LogP contribution in [0, 0.1) is 41.7 Å². The van der Waals surface area contributed by atoms with Crippen molar-refractivity contribution < 1.29 is 70.5 Å². The van der Waals surface area contributed by atoms with Crippen LogP contribution in [0.2, 0.25) is 0 Å². The van der Waals surface area contributed by atoms with Crippen molar-refractivity contribution in [3.63, 3.8) is 0 Å².